The molecular weight excluding hydrogens is 923 g/mol. The summed E-state index contributed by atoms with van der Waals surface area (Å²) in [4.78, 5) is 14.2. The SMILES string of the molecule is CC1(C)CC(CS(=O)(=O)O)c2cc3nc4ccc(=[N+](Cc5ccc(S(=O)(=O)O)cc5S(=O)(=O)O)Cc5ccc(S(=O)(=O)O)cc5S(=O)(=O)O)cc-4oc3cc2N1CCCC(=O)O. The number of carboxylic acids is 1. The van der Waals surface area contributed by atoms with Crippen LogP contribution < -0.4 is 14.8 Å². The molecule has 21 nitrogen and oxygen atoms in total. The van der Waals surface area contributed by atoms with Crippen LogP contribution >= 0.6 is 0 Å². The van der Waals surface area contributed by atoms with Crippen LogP contribution in [-0.4, -0.2) is 98.7 Å². The van der Waals surface area contributed by atoms with Gasteiger partial charge in [-0.15, -0.1) is 0 Å². The minimum Gasteiger partial charge on any atom is -0.481 e. The van der Waals surface area contributed by atoms with Gasteiger partial charge in [-0.1, -0.05) is 0 Å². The molecule has 3 aliphatic rings. The monoisotopic (exact) mass is 960 g/mol. The van der Waals surface area contributed by atoms with Crippen molar-refractivity contribution >= 4 is 73.3 Å². The molecule has 6 rings (SSSR count). The summed E-state index contributed by atoms with van der Waals surface area (Å²) in [5, 5.41) is 9.41. The van der Waals surface area contributed by atoms with Crippen molar-refractivity contribution in [2.45, 2.75) is 77.2 Å². The topological polar surface area (TPSA) is 341 Å². The van der Waals surface area contributed by atoms with Crippen molar-refractivity contribution in [2.24, 2.45) is 0 Å². The Morgan fingerprint density at radius 3 is 1.79 bits per heavy atom. The van der Waals surface area contributed by atoms with Crippen molar-refractivity contribution in [1.29, 1.82) is 0 Å². The number of hydrogen-bond donors (Lipinski definition) is 6. The molecule has 0 saturated heterocycles. The van der Waals surface area contributed by atoms with Gasteiger partial charge in [-0.2, -0.15) is 42.1 Å². The lowest BCUT2D eigenvalue weighted by atomic mass is 9.79. The van der Waals surface area contributed by atoms with E-state index >= 15 is 0 Å². The summed E-state index contributed by atoms with van der Waals surface area (Å²) >= 11 is 0. The Labute approximate surface area is 355 Å². The molecule has 62 heavy (non-hydrogen) atoms. The molecular formula is C36H38N3O18S5+. The predicted molar refractivity (Wildman–Crippen MR) is 218 cm³/mol. The van der Waals surface area contributed by atoms with Gasteiger partial charge in [-0.3, -0.25) is 27.6 Å². The van der Waals surface area contributed by atoms with E-state index in [1.807, 2.05) is 18.7 Å². The molecule has 0 amide bonds. The molecule has 3 aromatic carbocycles. The zero-order valence-electron chi connectivity index (χ0n) is 32.3. The van der Waals surface area contributed by atoms with Gasteiger partial charge in [-0.05, 0) is 80.8 Å². The minimum atomic E-state index is -5.22. The summed E-state index contributed by atoms with van der Waals surface area (Å²) < 4.78 is 179. The largest absolute Gasteiger partial charge is 0.481 e. The first-order chi connectivity index (χ1) is 28.4. The molecule has 0 bridgehead atoms. The number of benzene rings is 4. The van der Waals surface area contributed by atoms with Crippen LogP contribution in [0.2, 0.25) is 0 Å². The number of carbonyl (C=O) groups is 1. The van der Waals surface area contributed by atoms with Gasteiger partial charge in [0.05, 0.1) is 21.6 Å². The predicted octanol–water partition coefficient (Wildman–Crippen LogP) is 2.92. The highest BCUT2D eigenvalue weighted by Crippen LogP contribution is 2.46. The summed E-state index contributed by atoms with van der Waals surface area (Å²) in [7, 11) is -24.9. The number of rotatable bonds is 14. The fraction of sp³-hybridized carbons (Fsp3) is 0.306. The smallest absolute Gasteiger partial charge is 0.303 e. The van der Waals surface area contributed by atoms with Crippen LogP contribution in [0.4, 0.5) is 5.69 Å². The highest BCUT2D eigenvalue weighted by molar-refractivity contribution is 7.87. The molecule has 1 aliphatic carbocycles. The highest BCUT2D eigenvalue weighted by Gasteiger charge is 2.40. The quantitative estimate of drug-likeness (QED) is 0.0529. The number of hydrogen-bond acceptors (Lipinski definition) is 14. The molecule has 0 spiro atoms. The van der Waals surface area contributed by atoms with Crippen LogP contribution in [0.25, 0.3) is 22.6 Å². The number of anilines is 1. The van der Waals surface area contributed by atoms with Crippen molar-refractivity contribution in [3.8, 4) is 11.5 Å². The van der Waals surface area contributed by atoms with E-state index in [0.717, 1.165) is 24.3 Å². The van der Waals surface area contributed by atoms with Crippen LogP contribution in [0.3, 0.4) is 0 Å². The third-order valence-corrected chi connectivity index (χ3v) is 14.6. The molecule has 6 N–H and O–H groups in total. The molecule has 334 valence electrons. The molecule has 26 heteroatoms. The third-order valence-electron chi connectivity index (χ3n) is 10.2. The molecule has 0 aromatic heterocycles. The van der Waals surface area contributed by atoms with Crippen LogP contribution in [-0.2, 0) is 68.5 Å². The van der Waals surface area contributed by atoms with E-state index in [9.17, 15) is 74.8 Å². The van der Waals surface area contributed by atoms with Gasteiger partial charge in [0.15, 0.2) is 24.4 Å². The maximum absolute atomic E-state index is 12.5. The Kier molecular flexibility index (Phi) is 12.3. The van der Waals surface area contributed by atoms with E-state index < -0.39 is 106 Å². The van der Waals surface area contributed by atoms with Crippen molar-refractivity contribution in [1.82, 2.24) is 9.56 Å². The number of fused-ring (bicyclic) bond motifs is 3. The lowest BCUT2D eigenvalue weighted by molar-refractivity contribution is -0.137. The van der Waals surface area contributed by atoms with E-state index in [4.69, 9.17) is 4.42 Å². The summed E-state index contributed by atoms with van der Waals surface area (Å²) in [6.07, 6.45) is 0.325. The van der Waals surface area contributed by atoms with Crippen LogP contribution in [0.1, 0.15) is 55.7 Å². The Balaban J connectivity index is 1.61. The van der Waals surface area contributed by atoms with Gasteiger partial charge >= 0.3 is 5.97 Å². The second-order valence-corrected chi connectivity index (χ2v) is 22.3. The van der Waals surface area contributed by atoms with Gasteiger partial charge < -0.3 is 14.4 Å². The van der Waals surface area contributed by atoms with Crippen LogP contribution in [0.15, 0.2) is 90.7 Å². The standard InChI is InChI=1S/C36H37N3O18S5/c1-36(2)17-23(20-58(42,43)44)27-15-29-32(16-30(27)39(36)11-3-4-35(40)41)57-31-12-24(7-10-28(31)37-29)38(18-21-5-8-25(59(45,46)47)13-33(21)61(51,52)53)19-22-6-9-26(60(48,49)50)14-34(22)62(54,55)56/h5-10,12-16,23H,3-4,11,17-20H2,1-2H3,(H5-,40,41,42,43,44,45,46,47,48,49,50,51,52,53,54,55,56)/p+1. The maximum atomic E-state index is 12.5. The molecule has 0 radical (unpaired) electrons. The van der Waals surface area contributed by atoms with Crippen molar-refractivity contribution in [2.75, 3.05) is 17.2 Å². The van der Waals surface area contributed by atoms with E-state index in [1.165, 1.54) is 22.8 Å². The molecule has 3 aromatic rings. The molecule has 1 unspecified atom stereocenters. The number of aromatic nitrogens is 1. The fourth-order valence-corrected chi connectivity index (χ4v) is 11.0. The summed E-state index contributed by atoms with van der Waals surface area (Å²) in [5.74, 6) is -2.29. The van der Waals surface area contributed by atoms with Crippen molar-refractivity contribution in [3.05, 3.63) is 88.8 Å². The number of nitrogens with zero attached hydrogens (tertiary/aromatic N) is 3. The average molecular weight is 961 g/mol. The number of aliphatic carboxylic acids is 1. The first-order valence-electron chi connectivity index (χ1n) is 18.0. The van der Waals surface area contributed by atoms with Gasteiger partial charge in [0.25, 0.3) is 50.6 Å². The molecule has 2 heterocycles. The second-order valence-electron chi connectivity index (χ2n) is 15.2. The first kappa shape index (κ1) is 46.6. The van der Waals surface area contributed by atoms with E-state index in [2.05, 4.69) is 4.98 Å². The number of carboxylic acid groups (broad SMARTS) is 1. The molecule has 1 atom stereocenters. The Morgan fingerprint density at radius 2 is 1.31 bits per heavy atom. The maximum Gasteiger partial charge on any atom is 0.303 e. The average Bonchev–Trinajstić information content (AvgIpc) is 3.11. The Hall–Kier alpha value is -4.90. The van der Waals surface area contributed by atoms with Crippen molar-refractivity contribution < 1.29 is 79.2 Å². The first-order valence-corrected chi connectivity index (χ1v) is 25.3. The van der Waals surface area contributed by atoms with E-state index in [-0.39, 0.29) is 64.8 Å². The summed E-state index contributed by atoms with van der Waals surface area (Å²) in [6, 6.07) is 12.0. The highest BCUT2D eigenvalue weighted by atomic mass is 32.2. The Bertz CT molecular complexity index is 3160. The van der Waals surface area contributed by atoms with Crippen molar-refractivity contribution in [3.63, 3.8) is 0 Å². The normalized spacial score (nSPS) is 16.0. The van der Waals surface area contributed by atoms with E-state index in [1.54, 1.807) is 12.1 Å². The molecule has 0 fully saturated rings. The molecule has 2 aliphatic heterocycles. The fourth-order valence-electron chi connectivity index (χ4n) is 7.57. The van der Waals surface area contributed by atoms with Gasteiger partial charge in [-0.25, -0.2) is 9.56 Å². The zero-order valence-corrected chi connectivity index (χ0v) is 36.4. The molecule has 0 saturated carbocycles. The zero-order chi connectivity index (χ0) is 46.0. The van der Waals surface area contributed by atoms with Crippen LogP contribution in [0, 0.1) is 0 Å². The summed E-state index contributed by atoms with van der Waals surface area (Å²) in [6.45, 7) is 2.72. The van der Waals surface area contributed by atoms with Crippen LogP contribution in [0.5, 0.6) is 0 Å². The lowest BCUT2D eigenvalue weighted by Gasteiger charge is -2.48. The van der Waals surface area contributed by atoms with Gasteiger partial charge in [0.2, 0.25) is 5.36 Å². The van der Waals surface area contributed by atoms with E-state index in [0.29, 0.717) is 23.4 Å². The second kappa shape index (κ2) is 16.3. The third kappa shape index (κ3) is 10.5. The Morgan fingerprint density at radius 1 is 0.758 bits per heavy atom. The lowest BCUT2D eigenvalue weighted by Crippen LogP contribution is -2.50. The van der Waals surface area contributed by atoms with Gasteiger partial charge in [0.1, 0.15) is 21.0 Å². The minimum absolute atomic E-state index is 0.0513. The summed E-state index contributed by atoms with van der Waals surface area (Å²) in [5.41, 5.74) is 0.241. The van der Waals surface area contributed by atoms with Gasteiger partial charge in [0, 0.05) is 53.4 Å².